The zero-order valence-corrected chi connectivity index (χ0v) is 8.47. The van der Waals surface area contributed by atoms with E-state index in [1.165, 1.54) is 0 Å². The molecule has 0 saturated carbocycles. The highest BCUT2D eigenvalue weighted by Gasteiger charge is 2.18. The van der Waals surface area contributed by atoms with Gasteiger partial charge in [0.25, 0.3) is 0 Å². The fourth-order valence-corrected chi connectivity index (χ4v) is 1.15. The Balaban J connectivity index is 2.17. The molecule has 1 rings (SSSR count). The average Bonchev–Trinajstić information content (AvgIpc) is 2.61. The van der Waals surface area contributed by atoms with Crippen LogP contribution in [0.1, 0.15) is 0 Å². The van der Waals surface area contributed by atoms with E-state index in [1.54, 1.807) is 4.90 Å². The Labute approximate surface area is 91.1 Å². The Hall–Kier alpha value is -2.19. The quantitative estimate of drug-likeness (QED) is 0.549. The van der Waals surface area contributed by atoms with Crippen molar-refractivity contribution < 1.29 is 14.4 Å². The maximum Gasteiger partial charge on any atom is 0.359 e. The van der Waals surface area contributed by atoms with Gasteiger partial charge in [-0.25, -0.2) is 14.4 Å². The normalized spacial score (nSPS) is 15.2. The van der Waals surface area contributed by atoms with Gasteiger partial charge >= 0.3 is 18.1 Å². The molecule has 1 aliphatic heterocycles. The molecule has 0 aliphatic carbocycles. The molecular weight excluding hydrogens is 216 g/mol. The van der Waals surface area contributed by atoms with Crippen molar-refractivity contribution in [2.75, 3.05) is 26.2 Å². The van der Waals surface area contributed by atoms with Crippen molar-refractivity contribution >= 4 is 18.1 Å². The van der Waals surface area contributed by atoms with Gasteiger partial charge in [0.05, 0.1) is 0 Å². The monoisotopic (exact) mass is 228 g/mol. The van der Waals surface area contributed by atoms with Gasteiger partial charge in [0.2, 0.25) is 0 Å². The minimum atomic E-state index is -1.03. The molecule has 9 heteroatoms. The molecule has 0 aromatic rings. The Morgan fingerprint density at radius 1 is 1.50 bits per heavy atom. The number of carbonyl (C=O) groups is 3. The van der Waals surface area contributed by atoms with Gasteiger partial charge in [0, 0.05) is 26.2 Å². The van der Waals surface area contributed by atoms with Crippen molar-refractivity contribution in [2.24, 2.45) is 16.0 Å². The van der Waals surface area contributed by atoms with Crippen LogP contribution in [0.15, 0.2) is 10.2 Å². The summed E-state index contributed by atoms with van der Waals surface area (Å²) in [7, 11) is 0. The molecule has 4 N–H and O–H groups in total. The minimum absolute atomic E-state index is 0.159. The van der Waals surface area contributed by atoms with Gasteiger partial charge < -0.3 is 21.3 Å². The van der Waals surface area contributed by atoms with E-state index in [4.69, 9.17) is 0 Å². The van der Waals surface area contributed by atoms with Crippen LogP contribution in [-0.4, -0.2) is 49.2 Å². The third-order valence-corrected chi connectivity index (χ3v) is 1.84. The first kappa shape index (κ1) is 11.9. The molecule has 1 fully saturated rings. The number of nitrogens with one attached hydrogen (secondary N) is 2. The number of nitrogens with zero attached hydrogens (tertiary/aromatic N) is 3. The van der Waals surface area contributed by atoms with Crippen molar-refractivity contribution in [2.45, 2.75) is 0 Å². The predicted octanol–water partition coefficient (Wildman–Crippen LogP) is -0.748. The second kappa shape index (κ2) is 5.63. The van der Waals surface area contributed by atoms with Crippen LogP contribution >= 0.6 is 0 Å². The van der Waals surface area contributed by atoms with E-state index in [2.05, 4.69) is 26.6 Å². The first-order chi connectivity index (χ1) is 7.59. The van der Waals surface area contributed by atoms with Gasteiger partial charge in [-0.2, -0.15) is 0 Å². The van der Waals surface area contributed by atoms with Gasteiger partial charge in [-0.15, -0.1) is 0 Å². The zero-order valence-electron chi connectivity index (χ0n) is 8.47. The first-order valence-corrected chi connectivity index (χ1v) is 4.61. The van der Waals surface area contributed by atoms with E-state index in [9.17, 15) is 14.4 Å². The summed E-state index contributed by atoms with van der Waals surface area (Å²) in [5.74, 6) is 0. The maximum atomic E-state index is 11.1. The Bertz CT molecular complexity index is 328. The molecule has 88 valence electrons. The summed E-state index contributed by atoms with van der Waals surface area (Å²) >= 11 is 0. The molecule has 9 nitrogen and oxygen atoms in total. The lowest BCUT2D eigenvalue weighted by Gasteiger charge is -2.13. The van der Waals surface area contributed by atoms with Crippen molar-refractivity contribution in [3.63, 3.8) is 0 Å². The van der Waals surface area contributed by atoms with Gasteiger partial charge in [-0.05, 0) is 0 Å². The first-order valence-electron chi connectivity index (χ1n) is 4.61. The largest absolute Gasteiger partial charge is 0.359 e. The molecule has 0 unspecified atom stereocenters. The smallest absolute Gasteiger partial charge is 0.348 e. The lowest BCUT2D eigenvalue weighted by atomic mass is 10.5. The number of carbonyl (C=O) groups excluding carboxylic acids is 3. The Kier molecular flexibility index (Phi) is 4.18. The van der Waals surface area contributed by atoms with Gasteiger partial charge in [-0.3, -0.25) is 0 Å². The summed E-state index contributed by atoms with van der Waals surface area (Å²) in [5.41, 5.74) is 4.65. The highest BCUT2D eigenvalue weighted by Crippen LogP contribution is 1.94. The van der Waals surface area contributed by atoms with Crippen LogP contribution in [0.2, 0.25) is 0 Å². The molecule has 0 bridgehead atoms. The number of hydrogen-bond acceptors (Lipinski definition) is 3. The van der Waals surface area contributed by atoms with Gasteiger partial charge in [0.1, 0.15) is 0 Å². The highest BCUT2D eigenvalue weighted by atomic mass is 16.2. The molecule has 1 heterocycles. The van der Waals surface area contributed by atoms with Crippen LogP contribution in [0.5, 0.6) is 0 Å². The van der Waals surface area contributed by atoms with E-state index in [0.717, 1.165) is 0 Å². The summed E-state index contributed by atoms with van der Waals surface area (Å²) in [6, 6.07) is -1.96. The number of hydrogen-bond donors (Lipinski definition) is 3. The van der Waals surface area contributed by atoms with Crippen LogP contribution in [0.3, 0.4) is 0 Å². The molecule has 0 atom stereocenters. The predicted molar refractivity (Wildman–Crippen MR) is 52.8 cm³/mol. The minimum Gasteiger partial charge on any atom is -0.348 e. The molecule has 16 heavy (non-hydrogen) atoms. The highest BCUT2D eigenvalue weighted by molar-refractivity contribution is 5.79. The molecule has 0 spiro atoms. The molecule has 0 aromatic heterocycles. The summed E-state index contributed by atoms with van der Waals surface area (Å²) in [4.78, 5) is 33.7. The van der Waals surface area contributed by atoms with Crippen LogP contribution in [0.25, 0.3) is 0 Å². The molecule has 1 aliphatic rings. The molecule has 6 amide bonds. The summed E-state index contributed by atoms with van der Waals surface area (Å²) in [6.45, 7) is 1.83. The third-order valence-electron chi connectivity index (χ3n) is 1.84. The summed E-state index contributed by atoms with van der Waals surface area (Å²) in [6.07, 6.45) is 0. The average molecular weight is 228 g/mol. The molecular formula is C7H12N6O3. The van der Waals surface area contributed by atoms with E-state index >= 15 is 0 Å². The fourth-order valence-electron chi connectivity index (χ4n) is 1.15. The SMILES string of the molecule is NC(=O)/N=N/C(=O)NCCN1CCNC1=O. The zero-order chi connectivity index (χ0) is 12.0. The fraction of sp³-hybridized carbons (Fsp3) is 0.571. The molecule has 1 saturated heterocycles. The number of primary amides is 1. The second-order valence-corrected chi connectivity index (χ2v) is 2.99. The molecule has 0 aromatic carbocycles. The number of azo groups is 1. The lowest BCUT2D eigenvalue weighted by Crippen LogP contribution is -2.35. The molecule has 0 radical (unpaired) electrons. The lowest BCUT2D eigenvalue weighted by molar-refractivity contribution is 0.216. The van der Waals surface area contributed by atoms with Crippen molar-refractivity contribution in [3.8, 4) is 0 Å². The van der Waals surface area contributed by atoms with E-state index < -0.39 is 12.1 Å². The van der Waals surface area contributed by atoms with Gasteiger partial charge in [-0.1, -0.05) is 10.2 Å². The standard InChI is InChI=1S/C7H12N6O3/c8-5(14)11-12-6(15)9-1-3-13-4-2-10-7(13)16/h1-4H2,(H2,8,14)(H,9,15)(H,10,16)/b12-11+. The number of nitrogens with two attached hydrogens (primary N) is 1. The van der Waals surface area contributed by atoms with Gasteiger partial charge in [0.15, 0.2) is 0 Å². The van der Waals surface area contributed by atoms with Crippen LogP contribution in [0.4, 0.5) is 14.4 Å². The summed E-state index contributed by atoms with van der Waals surface area (Å²) in [5, 5.41) is 10.8. The number of urea groups is 3. The maximum absolute atomic E-state index is 11.1. The summed E-state index contributed by atoms with van der Waals surface area (Å²) < 4.78 is 0. The van der Waals surface area contributed by atoms with Crippen molar-refractivity contribution in [1.29, 1.82) is 0 Å². The van der Waals surface area contributed by atoms with Crippen molar-refractivity contribution in [1.82, 2.24) is 15.5 Å². The third kappa shape index (κ3) is 3.90. The van der Waals surface area contributed by atoms with Crippen LogP contribution in [-0.2, 0) is 0 Å². The van der Waals surface area contributed by atoms with E-state index in [-0.39, 0.29) is 12.6 Å². The number of amides is 6. The Morgan fingerprint density at radius 2 is 2.25 bits per heavy atom. The Morgan fingerprint density at radius 3 is 2.81 bits per heavy atom. The number of rotatable bonds is 3. The van der Waals surface area contributed by atoms with E-state index in [1.807, 2.05) is 0 Å². The van der Waals surface area contributed by atoms with Crippen LogP contribution in [0, 0.1) is 0 Å². The van der Waals surface area contributed by atoms with Crippen molar-refractivity contribution in [3.05, 3.63) is 0 Å². The second-order valence-electron chi connectivity index (χ2n) is 2.99. The topological polar surface area (TPSA) is 129 Å². The van der Waals surface area contributed by atoms with Crippen LogP contribution < -0.4 is 16.4 Å². The van der Waals surface area contributed by atoms with E-state index in [0.29, 0.717) is 19.6 Å².